The first-order valence-electron chi connectivity index (χ1n) is 11.9. The third kappa shape index (κ3) is 6.18. The average Bonchev–Trinajstić information content (AvgIpc) is 3.64. The van der Waals surface area contributed by atoms with Crippen LogP contribution in [0.3, 0.4) is 0 Å². The number of hydrogen-bond donors (Lipinski definition) is 0. The van der Waals surface area contributed by atoms with E-state index < -0.39 is 11.9 Å². The topological polar surface area (TPSA) is 156 Å². The van der Waals surface area contributed by atoms with Gasteiger partial charge in [-0.15, -0.1) is 0 Å². The third-order valence-electron chi connectivity index (χ3n) is 5.38. The molecule has 0 radical (unpaired) electrons. The minimum absolute atomic E-state index is 0.0193. The number of ether oxygens (including phenoxy) is 2. The maximum absolute atomic E-state index is 12.3. The van der Waals surface area contributed by atoms with Crippen molar-refractivity contribution in [2.45, 2.75) is 20.3 Å². The molecule has 39 heavy (non-hydrogen) atoms. The van der Waals surface area contributed by atoms with Gasteiger partial charge in [-0.1, -0.05) is 40.1 Å². The van der Waals surface area contributed by atoms with E-state index in [-0.39, 0.29) is 36.3 Å². The highest BCUT2D eigenvalue weighted by Crippen LogP contribution is 2.27. The molecule has 0 saturated carbocycles. The van der Waals surface area contributed by atoms with E-state index in [2.05, 4.69) is 30.2 Å². The minimum atomic E-state index is -0.673. The molecule has 0 fully saturated rings. The zero-order valence-electron chi connectivity index (χ0n) is 21.0. The molecule has 0 aliphatic rings. The molecule has 5 rings (SSSR count). The Kier molecular flexibility index (Phi) is 7.44. The number of rotatable bonds is 9. The van der Waals surface area contributed by atoms with Crippen molar-refractivity contribution in [1.82, 2.24) is 30.2 Å². The molecule has 2 aromatic carbocycles. The first-order valence-corrected chi connectivity index (χ1v) is 11.9. The van der Waals surface area contributed by atoms with Crippen LogP contribution < -0.4 is 0 Å². The molecule has 0 saturated heterocycles. The quantitative estimate of drug-likeness (QED) is 0.198. The molecule has 3 heterocycles. The van der Waals surface area contributed by atoms with Crippen molar-refractivity contribution in [3.63, 3.8) is 0 Å². The van der Waals surface area contributed by atoms with Crippen LogP contribution in [0.1, 0.15) is 29.4 Å². The van der Waals surface area contributed by atoms with Crippen LogP contribution in [0.2, 0.25) is 0 Å². The lowest BCUT2D eigenvalue weighted by Gasteiger charge is -2.04. The molecule has 0 spiro atoms. The fraction of sp³-hybridized carbons (Fsp3) is 0.185. The van der Waals surface area contributed by atoms with Crippen molar-refractivity contribution >= 4 is 11.9 Å². The van der Waals surface area contributed by atoms with Crippen LogP contribution in [0, 0.1) is 6.92 Å². The molecule has 3 aromatic heterocycles. The van der Waals surface area contributed by atoms with E-state index in [1.165, 1.54) is 19.3 Å². The molecule has 0 bridgehead atoms. The van der Waals surface area contributed by atoms with Crippen LogP contribution >= 0.6 is 0 Å². The van der Waals surface area contributed by atoms with Crippen LogP contribution in [0.4, 0.5) is 0 Å². The van der Waals surface area contributed by atoms with Gasteiger partial charge in [-0.05, 0) is 31.2 Å². The maximum Gasteiger partial charge on any atom is 0.358 e. The Labute approximate surface area is 222 Å². The van der Waals surface area contributed by atoms with Gasteiger partial charge in [0.2, 0.25) is 11.6 Å². The fourth-order valence-electron chi connectivity index (χ4n) is 3.56. The van der Waals surface area contributed by atoms with E-state index in [4.69, 9.17) is 18.5 Å². The Bertz CT molecular complexity index is 1630. The summed E-state index contributed by atoms with van der Waals surface area (Å²) in [6.45, 7) is 3.52. The maximum atomic E-state index is 12.3. The summed E-state index contributed by atoms with van der Waals surface area (Å²) in [7, 11) is 0. The van der Waals surface area contributed by atoms with Crippen molar-refractivity contribution in [3.05, 3.63) is 72.2 Å². The molecule has 12 nitrogen and oxygen atoms in total. The van der Waals surface area contributed by atoms with Crippen molar-refractivity contribution in [2.75, 3.05) is 13.2 Å². The Morgan fingerprint density at radius 2 is 1.46 bits per heavy atom. The van der Waals surface area contributed by atoms with Crippen molar-refractivity contribution in [2.24, 2.45) is 0 Å². The number of carbonyl (C=O) groups excluding carboxylic acids is 2. The van der Waals surface area contributed by atoms with Gasteiger partial charge in [-0.25, -0.2) is 9.78 Å². The molecule has 0 aliphatic heterocycles. The van der Waals surface area contributed by atoms with Gasteiger partial charge in [0.1, 0.15) is 5.69 Å². The van der Waals surface area contributed by atoms with Crippen LogP contribution in [0.25, 0.3) is 45.8 Å². The summed E-state index contributed by atoms with van der Waals surface area (Å²) in [5.74, 6) is 0.136. The highest BCUT2D eigenvalue weighted by Gasteiger charge is 2.17. The van der Waals surface area contributed by atoms with Crippen LogP contribution in [0.5, 0.6) is 0 Å². The molecule has 0 unspecified atom stereocenters. The third-order valence-corrected chi connectivity index (χ3v) is 5.38. The highest BCUT2D eigenvalue weighted by atomic mass is 16.5. The standard InChI is InChI=1S/C27H22N6O6/c1-16-6-3-7-18(12-16)23-30-25(38-32-23)19-8-4-9-20(13-19)26-31-24(33-39-26)21-14-28-15-22(29-21)27(35)37-11-5-10-36-17(2)34/h3-4,6-9,12-15H,5,10-11H2,1-2H3. The minimum Gasteiger partial charge on any atom is -0.466 e. The summed E-state index contributed by atoms with van der Waals surface area (Å²) in [5.41, 5.74) is 3.47. The molecule has 5 aromatic rings. The second kappa shape index (κ2) is 11.4. The summed E-state index contributed by atoms with van der Waals surface area (Å²) in [5, 5.41) is 8.08. The summed E-state index contributed by atoms with van der Waals surface area (Å²) < 4.78 is 20.9. The molecule has 196 valence electrons. The Hall–Kier alpha value is -5.26. The molecule has 12 heteroatoms. The summed E-state index contributed by atoms with van der Waals surface area (Å²) >= 11 is 0. The van der Waals surface area contributed by atoms with Crippen molar-refractivity contribution in [3.8, 4) is 45.8 Å². The largest absolute Gasteiger partial charge is 0.466 e. The van der Waals surface area contributed by atoms with E-state index in [1.54, 1.807) is 12.1 Å². The monoisotopic (exact) mass is 526 g/mol. The van der Waals surface area contributed by atoms with Gasteiger partial charge >= 0.3 is 11.9 Å². The number of nitrogens with zero attached hydrogens (tertiary/aromatic N) is 6. The van der Waals surface area contributed by atoms with E-state index >= 15 is 0 Å². The highest BCUT2D eigenvalue weighted by molar-refractivity contribution is 5.87. The lowest BCUT2D eigenvalue weighted by molar-refractivity contribution is -0.141. The number of aromatic nitrogens is 6. The second-order valence-corrected chi connectivity index (χ2v) is 8.42. The number of aryl methyl sites for hydroxylation is 1. The first-order chi connectivity index (χ1) is 19.0. The van der Waals surface area contributed by atoms with Crippen molar-refractivity contribution in [1.29, 1.82) is 0 Å². The van der Waals surface area contributed by atoms with Crippen LogP contribution in [-0.2, 0) is 14.3 Å². The number of hydrogen-bond acceptors (Lipinski definition) is 12. The smallest absolute Gasteiger partial charge is 0.358 e. The van der Waals surface area contributed by atoms with Gasteiger partial charge < -0.3 is 18.5 Å². The predicted molar refractivity (Wildman–Crippen MR) is 136 cm³/mol. The van der Waals surface area contributed by atoms with E-state index in [0.29, 0.717) is 29.3 Å². The average molecular weight is 527 g/mol. The lowest BCUT2D eigenvalue weighted by atomic mass is 10.1. The molecule has 0 N–H and O–H groups in total. The molecule has 0 atom stereocenters. The van der Waals surface area contributed by atoms with Gasteiger partial charge in [0.05, 0.1) is 25.6 Å². The number of carbonyl (C=O) groups is 2. The van der Waals surface area contributed by atoms with Gasteiger partial charge in [-0.2, -0.15) is 9.97 Å². The fourth-order valence-corrected chi connectivity index (χ4v) is 3.56. The summed E-state index contributed by atoms with van der Waals surface area (Å²) in [6.07, 6.45) is 3.05. The molecule has 0 aliphatic carbocycles. The van der Waals surface area contributed by atoms with Crippen LogP contribution in [-0.4, -0.2) is 55.4 Å². The molecule has 0 amide bonds. The van der Waals surface area contributed by atoms with Crippen LogP contribution in [0.15, 0.2) is 70.0 Å². The molecular weight excluding hydrogens is 504 g/mol. The zero-order chi connectivity index (χ0) is 27.2. The summed E-state index contributed by atoms with van der Waals surface area (Å²) in [6, 6.07) is 15.1. The Morgan fingerprint density at radius 3 is 2.21 bits per heavy atom. The molecular formula is C27H22N6O6. The first kappa shape index (κ1) is 25.4. The SMILES string of the molecule is CC(=O)OCCCOC(=O)c1cncc(-c2noc(-c3cccc(-c4nc(-c5cccc(C)c5)no4)c3)n2)n1. The van der Waals surface area contributed by atoms with Gasteiger partial charge in [0, 0.05) is 30.0 Å². The number of benzene rings is 2. The van der Waals surface area contributed by atoms with E-state index in [1.807, 2.05) is 43.3 Å². The normalized spacial score (nSPS) is 10.8. The predicted octanol–water partition coefficient (Wildman–Crippen LogP) is 4.33. The van der Waals surface area contributed by atoms with E-state index in [9.17, 15) is 9.59 Å². The van der Waals surface area contributed by atoms with Crippen molar-refractivity contribution < 1.29 is 28.1 Å². The van der Waals surface area contributed by atoms with Gasteiger partial charge in [0.15, 0.2) is 5.69 Å². The van der Waals surface area contributed by atoms with E-state index in [0.717, 1.165) is 11.1 Å². The second-order valence-electron chi connectivity index (χ2n) is 8.42. The zero-order valence-corrected chi connectivity index (χ0v) is 21.0. The summed E-state index contributed by atoms with van der Waals surface area (Å²) in [4.78, 5) is 40.3. The Morgan fingerprint density at radius 1 is 0.795 bits per heavy atom. The Balaban J connectivity index is 1.29. The van der Waals surface area contributed by atoms with Gasteiger partial charge in [0.25, 0.3) is 11.8 Å². The van der Waals surface area contributed by atoms with Gasteiger partial charge in [-0.3, -0.25) is 9.78 Å². The number of esters is 2. The lowest BCUT2D eigenvalue weighted by Crippen LogP contribution is -2.11.